The van der Waals surface area contributed by atoms with Crippen LogP contribution in [0.25, 0.3) is 0 Å². The molecule has 0 amide bonds. The fourth-order valence-corrected chi connectivity index (χ4v) is 3.24. The van der Waals surface area contributed by atoms with Gasteiger partial charge >= 0.3 is 0 Å². The molecule has 0 atom stereocenters. The molecule has 1 aliphatic carbocycles. The minimum atomic E-state index is 0.584. The molecule has 0 unspecified atom stereocenters. The van der Waals surface area contributed by atoms with Crippen molar-refractivity contribution in [2.45, 2.75) is 51.2 Å². The number of rotatable bonds is 6. The maximum Gasteiger partial charge on any atom is 0.129 e. The molecule has 0 aromatic heterocycles. The van der Waals surface area contributed by atoms with E-state index in [-0.39, 0.29) is 0 Å². The van der Waals surface area contributed by atoms with E-state index in [1.165, 1.54) is 37.7 Å². The third kappa shape index (κ3) is 3.53. The second kappa shape index (κ2) is 7.65. The van der Waals surface area contributed by atoms with Gasteiger partial charge in [-0.15, -0.1) is 0 Å². The Morgan fingerprint density at radius 1 is 0.900 bits per heavy atom. The molecule has 0 aliphatic heterocycles. The van der Waals surface area contributed by atoms with Crippen LogP contribution in [-0.4, -0.2) is 21.3 Å². The molecule has 0 heterocycles. The molecule has 0 spiro atoms. The molecule has 1 aromatic carbocycles. The molecule has 3 nitrogen and oxygen atoms in total. The van der Waals surface area contributed by atoms with Crippen molar-refractivity contribution >= 4 is 0 Å². The van der Waals surface area contributed by atoms with E-state index in [1.807, 2.05) is 0 Å². The molecular weight excluding hydrogens is 252 g/mol. The lowest BCUT2D eigenvalue weighted by Gasteiger charge is -2.24. The highest BCUT2D eigenvalue weighted by molar-refractivity contribution is 5.45. The van der Waals surface area contributed by atoms with Gasteiger partial charge in [0, 0.05) is 25.3 Å². The van der Waals surface area contributed by atoms with Crippen LogP contribution < -0.4 is 4.74 Å². The third-order valence-corrected chi connectivity index (χ3v) is 4.15. The summed E-state index contributed by atoms with van der Waals surface area (Å²) >= 11 is 0. The van der Waals surface area contributed by atoms with Gasteiger partial charge in [-0.25, -0.2) is 0 Å². The number of benzene rings is 1. The lowest BCUT2D eigenvalue weighted by atomic mass is 9.83. The van der Waals surface area contributed by atoms with E-state index in [4.69, 9.17) is 14.2 Å². The summed E-state index contributed by atoms with van der Waals surface area (Å²) in [6.07, 6.45) is 6.66. The Morgan fingerprint density at radius 2 is 1.45 bits per heavy atom. The van der Waals surface area contributed by atoms with Gasteiger partial charge in [-0.3, -0.25) is 0 Å². The normalized spacial score (nSPS) is 16.4. The molecule has 0 saturated heterocycles. The number of hydrogen-bond acceptors (Lipinski definition) is 3. The predicted molar refractivity (Wildman–Crippen MR) is 80.2 cm³/mol. The largest absolute Gasteiger partial charge is 0.496 e. The molecule has 112 valence electrons. The van der Waals surface area contributed by atoms with Gasteiger partial charge in [0.2, 0.25) is 0 Å². The maximum atomic E-state index is 5.56. The quantitative estimate of drug-likeness (QED) is 0.786. The first-order valence-electron chi connectivity index (χ1n) is 7.47. The highest BCUT2D eigenvalue weighted by Crippen LogP contribution is 2.36. The van der Waals surface area contributed by atoms with E-state index in [0.717, 1.165) is 16.9 Å². The molecule has 1 fully saturated rings. The first kappa shape index (κ1) is 15.3. The number of hydrogen-bond donors (Lipinski definition) is 0. The third-order valence-electron chi connectivity index (χ3n) is 4.15. The van der Waals surface area contributed by atoms with Gasteiger partial charge in [-0.05, 0) is 36.5 Å². The Labute approximate surface area is 122 Å². The summed E-state index contributed by atoms with van der Waals surface area (Å²) in [7, 11) is 5.17. The molecule has 20 heavy (non-hydrogen) atoms. The second-order valence-electron chi connectivity index (χ2n) is 5.57. The zero-order valence-electron chi connectivity index (χ0n) is 12.9. The summed E-state index contributed by atoms with van der Waals surface area (Å²) in [6, 6.07) is 4.52. The Morgan fingerprint density at radius 3 is 1.90 bits per heavy atom. The van der Waals surface area contributed by atoms with Crippen LogP contribution >= 0.6 is 0 Å². The van der Waals surface area contributed by atoms with Crippen LogP contribution in [-0.2, 0) is 22.7 Å². The fourth-order valence-electron chi connectivity index (χ4n) is 3.24. The van der Waals surface area contributed by atoms with E-state index in [2.05, 4.69) is 12.1 Å². The monoisotopic (exact) mass is 278 g/mol. The summed E-state index contributed by atoms with van der Waals surface area (Å²) < 4.78 is 16.2. The van der Waals surface area contributed by atoms with Gasteiger partial charge in [0.15, 0.2) is 0 Å². The number of ether oxygens (including phenoxy) is 3. The van der Waals surface area contributed by atoms with Crippen LogP contribution in [0.2, 0.25) is 0 Å². The summed E-state index contributed by atoms with van der Waals surface area (Å²) in [5, 5.41) is 0. The molecule has 1 aliphatic rings. The van der Waals surface area contributed by atoms with Crippen molar-refractivity contribution < 1.29 is 14.2 Å². The Bertz CT molecular complexity index is 395. The van der Waals surface area contributed by atoms with Gasteiger partial charge in [0.05, 0.1) is 20.3 Å². The Balaban J connectivity index is 2.35. The van der Waals surface area contributed by atoms with Crippen LogP contribution in [0.1, 0.15) is 54.7 Å². The average molecular weight is 278 g/mol. The minimum absolute atomic E-state index is 0.584. The van der Waals surface area contributed by atoms with Crippen molar-refractivity contribution in [3.05, 3.63) is 28.8 Å². The van der Waals surface area contributed by atoms with Gasteiger partial charge in [0.1, 0.15) is 5.75 Å². The number of methoxy groups -OCH3 is 3. The van der Waals surface area contributed by atoms with Crippen molar-refractivity contribution in [1.29, 1.82) is 0 Å². The van der Waals surface area contributed by atoms with Crippen LogP contribution in [0.15, 0.2) is 12.1 Å². The zero-order chi connectivity index (χ0) is 14.4. The zero-order valence-corrected chi connectivity index (χ0v) is 12.9. The lowest BCUT2D eigenvalue weighted by molar-refractivity contribution is 0.173. The standard InChI is InChI=1S/C17H26O3/c1-18-11-15-9-14(13-7-5-4-6-8-13)10-16(12-19-2)17(15)20-3/h9-10,13H,4-8,11-12H2,1-3H3. The summed E-state index contributed by atoms with van der Waals surface area (Å²) in [4.78, 5) is 0. The summed E-state index contributed by atoms with van der Waals surface area (Å²) in [6.45, 7) is 1.17. The highest BCUT2D eigenvalue weighted by Gasteiger charge is 2.19. The lowest BCUT2D eigenvalue weighted by Crippen LogP contribution is -2.08. The van der Waals surface area contributed by atoms with E-state index >= 15 is 0 Å². The molecule has 0 N–H and O–H groups in total. The SMILES string of the molecule is COCc1cc(C2CCCCC2)cc(COC)c1OC. The van der Waals surface area contributed by atoms with Crippen LogP contribution in [0.5, 0.6) is 5.75 Å². The van der Waals surface area contributed by atoms with E-state index in [1.54, 1.807) is 21.3 Å². The molecule has 1 saturated carbocycles. The van der Waals surface area contributed by atoms with Crippen molar-refractivity contribution in [3.8, 4) is 5.75 Å². The summed E-state index contributed by atoms with van der Waals surface area (Å²) in [5.41, 5.74) is 3.68. The smallest absolute Gasteiger partial charge is 0.129 e. The molecule has 2 rings (SSSR count). The van der Waals surface area contributed by atoms with Crippen LogP contribution in [0.4, 0.5) is 0 Å². The van der Waals surface area contributed by atoms with Gasteiger partial charge < -0.3 is 14.2 Å². The van der Waals surface area contributed by atoms with Crippen molar-refractivity contribution in [2.24, 2.45) is 0 Å². The van der Waals surface area contributed by atoms with Gasteiger partial charge in [-0.1, -0.05) is 19.3 Å². The average Bonchev–Trinajstić information content (AvgIpc) is 2.48. The van der Waals surface area contributed by atoms with Crippen molar-refractivity contribution in [1.82, 2.24) is 0 Å². The van der Waals surface area contributed by atoms with E-state index < -0.39 is 0 Å². The van der Waals surface area contributed by atoms with E-state index in [0.29, 0.717) is 19.1 Å². The first-order chi connectivity index (χ1) is 9.80. The molecule has 0 bridgehead atoms. The second-order valence-corrected chi connectivity index (χ2v) is 5.57. The maximum absolute atomic E-state index is 5.56. The van der Waals surface area contributed by atoms with Crippen molar-refractivity contribution in [2.75, 3.05) is 21.3 Å². The van der Waals surface area contributed by atoms with Gasteiger partial charge in [-0.2, -0.15) is 0 Å². The topological polar surface area (TPSA) is 27.7 Å². The van der Waals surface area contributed by atoms with Crippen molar-refractivity contribution in [3.63, 3.8) is 0 Å². The first-order valence-corrected chi connectivity index (χ1v) is 7.47. The molecular formula is C17H26O3. The molecule has 3 heteroatoms. The molecule has 0 radical (unpaired) electrons. The Kier molecular flexibility index (Phi) is 5.86. The minimum Gasteiger partial charge on any atom is -0.496 e. The Hall–Kier alpha value is -1.06. The van der Waals surface area contributed by atoms with Crippen LogP contribution in [0.3, 0.4) is 0 Å². The predicted octanol–water partition coefficient (Wildman–Crippen LogP) is 4.04. The van der Waals surface area contributed by atoms with E-state index in [9.17, 15) is 0 Å². The summed E-state index contributed by atoms with van der Waals surface area (Å²) in [5.74, 6) is 1.59. The molecule has 1 aromatic rings. The van der Waals surface area contributed by atoms with Gasteiger partial charge in [0.25, 0.3) is 0 Å². The van der Waals surface area contributed by atoms with Crippen LogP contribution in [0, 0.1) is 0 Å². The highest BCUT2D eigenvalue weighted by atomic mass is 16.5. The fraction of sp³-hybridized carbons (Fsp3) is 0.647.